The summed E-state index contributed by atoms with van der Waals surface area (Å²) >= 11 is 0. The van der Waals surface area contributed by atoms with Crippen LogP contribution < -0.4 is 10.6 Å². The lowest BCUT2D eigenvalue weighted by Crippen LogP contribution is -2.36. The summed E-state index contributed by atoms with van der Waals surface area (Å²) in [6.07, 6.45) is 0.460. The number of benzene rings is 1. The van der Waals surface area contributed by atoms with Crippen molar-refractivity contribution in [1.29, 1.82) is 0 Å². The van der Waals surface area contributed by atoms with E-state index in [2.05, 4.69) is 17.2 Å². The van der Waals surface area contributed by atoms with Crippen LogP contribution in [0.1, 0.15) is 6.92 Å². The van der Waals surface area contributed by atoms with Gasteiger partial charge < -0.3 is 20.1 Å². The van der Waals surface area contributed by atoms with Crippen molar-refractivity contribution in [3.05, 3.63) is 54.4 Å². The normalized spacial score (nSPS) is 14.6. The molecule has 0 bridgehead atoms. The Balaban J connectivity index is 2.09. The Morgan fingerprint density at radius 2 is 2.08 bits per heavy atom. The predicted molar refractivity (Wildman–Crippen MR) is 86.8 cm³/mol. The molecule has 24 heavy (non-hydrogen) atoms. The lowest BCUT2D eigenvalue weighted by molar-refractivity contribution is -0.151. The zero-order chi connectivity index (χ0) is 17.5. The van der Waals surface area contributed by atoms with Crippen molar-refractivity contribution in [2.45, 2.75) is 13.0 Å². The molecule has 0 aromatic heterocycles. The van der Waals surface area contributed by atoms with Gasteiger partial charge in [-0.05, 0) is 19.1 Å². The third kappa shape index (κ3) is 4.22. The monoisotopic (exact) mass is 330 g/mol. The number of rotatable bonds is 7. The van der Waals surface area contributed by atoms with Gasteiger partial charge in [-0.2, -0.15) is 0 Å². The summed E-state index contributed by atoms with van der Waals surface area (Å²) in [4.78, 5) is 35.8. The number of esters is 1. The van der Waals surface area contributed by atoms with Crippen LogP contribution in [-0.2, 0) is 23.9 Å². The molecule has 1 heterocycles. The molecule has 1 amide bonds. The van der Waals surface area contributed by atoms with Crippen LogP contribution in [0.3, 0.4) is 0 Å². The van der Waals surface area contributed by atoms with Gasteiger partial charge in [-0.25, -0.2) is 4.79 Å². The Labute approximate surface area is 139 Å². The SMILES string of the molecule is C=CCNC(=O)[C@H](C)OC(=O)C1=C(Nc2ccccc2)OCC1=O. The van der Waals surface area contributed by atoms with Crippen LogP contribution in [-0.4, -0.2) is 36.9 Å². The van der Waals surface area contributed by atoms with Gasteiger partial charge in [-0.1, -0.05) is 24.3 Å². The summed E-state index contributed by atoms with van der Waals surface area (Å²) in [7, 11) is 0. The van der Waals surface area contributed by atoms with E-state index in [0.29, 0.717) is 5.69 Å². The molecule has 1 atom stereocenters. The Bertz CT molecular complexity index is 681. The molecule has 2 rings (SSSR count). The van der Waals surface area contributed by atoms with Crippen molar-refractivity contribution < 1.29 is 23.9 Å². The Morgan fingerprint density at radius 3 is 2.75 bits per heavy atom. The fourth-order valence-corrected chi connectivity index (χ4v) is 1.96. The minimum Gasteiger partial charge on any atom is -0.470 e. The molecule has 126 valence electrons. The third-order valence-corrected chi connectivity index (χ3v) is 3.16. The maximum Gasteiger partial charge on any atom is 0.348 e. The van der Waals surface area contributed by atoms with Crippen LogP contribution in [0, 0.1) is 0 Å². The lowest BCUT2D eigenvalue weighted by atomic mass is 10.2. The van der Waals surface area contributed by atoms with Crippen molar-refractivity contribution in [3.63, 3.8) is 0 Å². The molecule has 1 aliphatic rings. The van der Waals surface area contributed by atoms with Crippen LogP contribution in [0.2, 0.25) is 0 Å². The molecule has 0 aliphatic carbocycles. The summed E-state index contributed by atoms with van der Waals surface area (Å²) in [5, 5.41) is 5.37. The second kappa shape index (κ2) is 7.96. The first-order chi connectivity index (χ1) is 11.5. The number of ketones is 1. The minimum atomic E-state index is -1.05. The number of hydrogen-bond acceptors (Lipinski definition) is 6. The van der Waals surface area contributed by atoms with E-state index in [1.807, 2.05) is 6.07 Å². The highest BCUT2D eigenvalue weighted by atomic mass is 16.6. The number of carbonyl (C=O) groups excluding carboxylic acids is 3. The number of nitrogens with one attached hydrogen (secondary N) is 2. The molecule has 0 fully saturated rings. The molecule has 7 heteroatoms. The van der Waals surface area contributed by atoms with Crippen LogP contribution in [0.15, 0.2) is 54.4 Å². The zero-order valence-corrected chi connectivity index (χ0v) is 13.2. The van der Waals surface area contributed by atoms with Gasteiger partial charge in [-0.15, -0.1) is 6.58 Å². The smallest absolute Gasteiger partial charge is 0.348 e. The summed E-state index contributed by atoms with van der Waals surface area (Å²) < 4.78 is 10.3. The predicted octanol–water partition coefficient (Wildman–Crippen LogP) is 1.14. The second-order valence-corrected chi connectivity index (χ2v) is 4.99. The quantitative estimate of drug-likeness (QED) is 0.442. The fraction of sp³-hybridized carbons (Fsp3) is 0.235. The van der Waals surface area contributed by atoms with Crippen molar-refractivity contribution in [3.8, 4) is 0 Å². The van der Waals surface area contributed by atoms with Gasteiger partial charge in [0.1, 0.15) is 0 Å². The third-order valence-electron chi connectivity index (χ3n) is 3.16. The lowest BCUT2D eigenvalue weighted by Gasteiger charge is -2.13. The number of hydrogen-bond donors (Lipinski definition) is 2. The topological polar surface area (TPSA) is 93.7 Å². The van der Waals surface area contributed by atoms with E-state index in [1.165, 1.54) is 13.0 Å². The highest BCUT2D eigenvalue weighted by Crippen LogP contribution is 2.21. The maximum atomic E-state index is 12.2. The molecule has 0 radical (unpaired) electrons. The van der Waals surface area contributed by atoms with Crippen molar-refractivity contribution in [1.82, 2.24) is 5.32 Å². The molecule has 2 N–H and O–H groups in total. The van der Waals surface area contributed by atoms with Gasteiger partial charge >= 0.3 is 5.97 Å². The van der Waals surface area contributed by atoms with Crippen LogP contribution in [0.5, 0.6) is 0 Å². The van der Waals surface area contributed by atoms with E-state index >= 15 is 0 Å². The second-order valence-electron chi connectivity index (χ2n) is 4.99. The van der Waals surface area contributed by atoms with Crippen molar-refractivity contribution in [2.75, 3.05) is 18.5 Å². The number of Topliss-reactive ketones (excluding diaryl/α,β-unsaturated/α-hetero) is 1. The summed E-state index contributed by atoms with van der Waals surface area (Å²) in [6.45, 7) is 4.90. The van der Waals surface area contributed by atoms with Crippen LogP contribution in [0.25, 0.3) is 0 Å². The molecule has 1 aliphatic heterocycles. The van der Waals surface area contributed by atoms with Gasteiger partial charge in [0.15, 0.2) is 18.3 Å². The standard InChI is InChI=1S/C17H18N2O5/c1-3-9-18-15(21)11(2)24-17(22)14-13(20)10-23-16(14)19-12-7-5-4-6-8-12/h3-8,11,19H,1,9-10H2,2H3,(H,18,21)/t11-/m0/s1. The van der Waals surface area contributed by atoms with E-state index in [9.17, 15) is 14.4 Å². The molecule has 1 aromatic rings. The molecule has 7 nitrogen and oxygen atoms in total. The molecule has 0 spiro atoms. The molecule has 0 saturated carbocycles. The minimum absolute atomic E-state index is 0.0231. The highest BCUT2D eigenvalue weighted by Gasteiger charge is 2.34. The van der Waals surface area contributed by atoms with Gasteiger partial charge in [0.05, 0.1) is 0 Å². The molecule has 1 aromatic carbocycles. The Kier molecular flexibility index (Phi) is 5.73. The summed E-state index contributed by atoms with van der Waals surface area (Å²) in [6, 6.07) is 8.94. The number of para-hydroxylation sites is 1. The van der Waals surface area contributed by atoms with E-state index < -0.39 is 23.8 Å². The summed E-state index contributed by atoms with van der Waals surface area (Å²) in [5.41, 5.74) is 0.423. The van der Waals surface area contributed by atoms with Crippen LogP contribution in [0.4, 0.5) is 5.69 Å². The molecule has 0 unspecified atom stereocenters. The van der Waals surface area contributed by atoms with Gasteiger partial charge in [0, 0.05) is 12.2 Å². The van der Waals surface area contributed by atoms with Gasteiger partial charge in [-0.3, -0.25) is 9.59 Å². The Morgan fingerprint density at radius 1 is 1.38 bits per heavy atom. The number of ether oxygens (including phenoxy) is 2. The first kappa shape index (κ1) is 17.3. The maximum absolute atomic E-state index is 12.2. The summed E-state index contributed by atoms with van der Waals surface area (Å²) in [5.74, 6) is -1.86. The van der Waals surface area contributed by atoms with Gasteiger partial charge in [0.25, 0.3) is 5.91 Å². The number of anilines is 1. The fourth-order valence-electron chi connectivity index (χ4n) is 1.96. The molecular formula is C17H18N2O5. The first-order valence-corrected chi connectivity index (χ1v) is 7.35. The highest BCUT2D eigenvalue weighted by molar-refractivity contribution is 6.20. The average Bonchev–Trinajstić information content (AvgIpc) is 2.93. The van der Waals surface area contributed by atoms with E-state index in [4.69, 9.17) is 9.47 Å². The first-order valence-electron chi connectivity index (χ1n) is 7.35. The molecule has 0 saturated heterocycles. The zero-order valence-electron chi connectivity index (χ0n) is 13.2. The number of carbonyl (C=O) groups is 3. The number of amides is 1. The van der Waals surface area contributed by atoms with Crippen molar-refractivity contribution >= 4 is 23.3 Å². The van der Waals surface area contributed by atoms with Crippen LogP contribution >= 0.6 is 0 Å². The van der Waals surface area contributed by atoms with E-state index in [1.54, 1.807) is 24.3 Å². The average molecular weight is 330 g/mol. The Hall–Kier alpha value is -3.09. The molecular weight excluding hydrogens is 312 g/mol. The van der Waals surface area contributed by atoms with Gasteiger partial charge in [0.2, 0.25) is 11.7 Å². The van der Waals surface area contributed by atoms with E-state index in [-0.39, 0.29) is 24.6 Å². The van der Waals surface area contributed by atoms with Crippen molar-refractivity contribution in [2.24, 2.45) is 0 Å². The largest absolute Gasteiger partial charge is 0.470 e. The van der Waals surface area contributed by atoms with E-state index in [0.717, 1.165) is 0 Å².